The molecule has 1 N–H and O–H groups in total. The maximum atomic E-state index is 3.53. The number of nitrogens with one attached hydrogen (secondary N) is 1. The molecule has 21 heavy (non-hydrogen) atoms. The maximum absolute atomic E-state index is 3.53. The molecule has 0 unspecified atom stereocenters. The number of hydrogen-bond donors (Lipinski definition) is 1. The summed E-state index contributed by atoms with van der Waals surface area (Å²) >= 11 is 0. The van der Waals surface area contributed by atoms with Crippen molar-refractivity contribution in [3.8, 4) is 0 Å². The van der Waals surface area contributed by atoms with Crippen LogP contribution in [0.2, 0.25) is 0 Å². The topological polar surface area (TPSA) is 12.0 Å². The van der Waals surface area contributed by atoms with Crippen molar-refractivity contribution in [3.63, 3.8) is 0 Å². The molecule has 0 aliphatic heterocycles. The summed E-state index contributed by atoms with van der Waals surface area (Å²) in [6.45, 7) is 13.6. The summed E-state index contributed by atoms with van der Waals surface area (Å²) in [5.41, 5.74) is 5.33. The van der Waals surface area contributed by atoms with Gasteiger partial charge in [-0.05, 0) is 46.2 Å². The van der Waals surface area contributed by atoms with Crippen LogP contribution in [0.1, 0.15) is 52.7 Å². The van der Waals surface area contributed by atoms with Crippen LogP contribution >= 0.6 is 0 Å². The lowest BCUT2D eigenvalue weighted by atomic mass is 9.80. The number of para-hydroxylation sites is 1. The third kappa shape index (κ3) is 4.10. The first-order chi connectivity index (χ1) is 9.66. The monoisotopic (exact) mass is 281 g/mol. The van der Waals surface area contributed by atoms with Crippen LogP contribution in [0.4, 0.5) is 11.4 Å². The van der Waals surface area contributed by atoms with Crippen LogP contribution in [0.25, 0.3) is 0 Å². The molecular weight excluding hydrogens is 254 g/mol. The summed E-state index contributed by atoms with van der Waals surface area (Å²) in [5.74, 6) is 0. The van der Waals surface area contributed by atoms with Crippen molar-refractivity contribution < 1.29 is 0 Å². The standard InChI is InChI=1S/C20H27N/c1-19(2,3)15-12-16(20(4,5)6)14-18(13-15)21-17-10-8-7-9-11-17/h7-14,21H,1-6H3. The van der Waals surface area contributed by atoms with Crippen molar-refractivity contribution in [3.05, 3.63) is 59.7 Å². The van der Waals surface area contributed by atoms with Gasteiger partial charge in [0.15, 0.2) is 0 Å². The van der Waals surface area contributed by atoms with Crippen LogP contribution in [0.3, 0.4) is 0 Å². The molecule has 0 aliphatic rings. The quantitative estimate of drug-likeness (QED) is 0.709. The fourth-order valence-electron chi connectivity index (χ4n) is 2.25. The molecule has 1 nitrogen and oxygen atoms in total. The average molecular weight is 281 g/mol. The maximum Gasteiger partial charge on any atom is 0.0390 e. The first kappa shape index (κ1) is 15.6. The summed E-state index contributed by atoms with van der Waals surface area (Å²) in [5, 5.41) is 3.53. The van der Waals surface area contributed by atoms with Gasteiger partial charge in [0.05, 0.1) is 0 Å². The Morgan fingerprint density at radius 1 is 0.619 bits per heavy atom. The van der Waals surface area contributed by atoms with Gasteiger partial charge < -0.3 is 5.32 Å². The molecule has 1 heteroatoms. The first-order valence-electron chi connectivity index (χ1n) is 7.64. The van der Waals surface area contributed by atoms with Crippen molar-refractivity contribution in [2.45, 2.75) is 52.4 Å². The molecule has 0 atom stereocenters. The van der Waals surface area contributed by atoms with E-state index in [1.54, 1.807) is 0 Å². The summed E-state index contributed by atoms with van der Waals surface area (Å²) in [6, 6.07) is 17.2. The second-order valence-corrected chi connectivity index (χ2v) is 7.79. The lowest BCUT2D eigenvalue weighted by Crippen LogP contribution is -2.16. The number of anilines is 2. The normalized spacial score (nSPS) is 12.3. The molecule has 0 fully saturated rings. The highest BCUT2D eigenvalue weighted by molar-refractivity contribution is 5.62. The Labute approximate surface area is 129 Å². The highest BCUT2D eigenvalue weighted by Crippen LogP contribution is 2.32. The molecule has 0 heterocycles. The van der Waals surface area contributed by atoms with Crippen LogP contribution in [0.15, 0.2) is 48.5 Å². The van der Waals surface area contributed by atoms with Crippen molar-refractivity contribution in [2.75, 3.05) is 5.32 Å². The van der Waals surface area contributed by atoms with Gasteiger partial charge in [0.2, 0.25) is 0 Å². The van der Waals surface area contributed by atoms with E-state index in [-0.39, 0.29) is 10.8 Å². The molecule has 0 aliphatic carbocycles. The van der Waals surface area contributed by atoms with Crippen molar-refractivity contribution in [1.82, 2.24) is 0 Å². The molecule has 0 radical (unpaired) electrons. The van der Waals surface area contributed by atoms with Crippen LogP contribution < -0.4 is 5.32 Å². The van der Waals surface area contributed by atoms with Gasteiger partial charge in [-0.3, -0.25) is 0 Å². The predicted octanol–water partition coefficient (Wildman–Crippen LogP) is 6.03. The molecule has 0 amide bonds. The zero-order valence-electron chi connectivity index (χ0n) is 14.1. The molecule has 0 saturated heterocycles. The van der Waals surface area contributed by atoms with E-state index in [0.717, 1.165) is 5.69 Å². The highest BCUT2D eigenvalue weighted by atomic mass is 14.9. The lowest BCUT2D eigenvalue weighted by Gasteiger charge is -2.26. The smallest absolute Gasteiger partial charge is 0.0390 e. The molecule has 2 rings (SSSR count). The van der Waals surface area contributed by atoms with Gasteiger partial charge in [-0.25, -0.2) is 0 Å². The van der Waals surface area contributed by atoms with E-state index >= 15 is 0 Å². The number of benzene rings is 2. The minimum absolute atomic E-state index is 0.147. The van der Waals surface area contributed by atoms with Gasteiger partial charge in [-0.2, -0.15) is 0 Å². The Balaban J connectivity index is 2.45. The summed E-state index contributed by atoms with van der Waals surface area (Å²) < 4.78 is 0. The molecule has 0 aromatic heterocycles. The van der Waals surface area contributed by atoms with Crippen LogP contribution in [-0.2, 0) is 10.8 Å². The third-order valence-corrected chi connectivity index (χ3v) is 3.73. The Hall–Kier alpha value is -1.76. The van der Waals surface area contributed by atoms with E-state index < -0.39 is 0 Å². The van der Waals surface area contributed by atoms with Gasteiger partial charge in [0.1, 0.15) is 0 Å². The average Bonchev–Trinajstić information content (AvgIpc) is 2.37. The van der Waals surface area contributed by atoms with E-state index in [9.17, 15) is 0 Å². The second-order valence-electron chi connectivity index (χ2n) is 7.79. The van der Waals surface area contributed by atoms with Gasteiger partial charge in [0, 0.05) is 11.4 Å². The Bertz CT molecular complexity index is 566. The fourth-order valence-corrected chi connectivity index (χ4v) is 2.25. The molecule has 2 aromatic carbocycles. The van der Waals surface area contributed by atoms with Crippen LogP contribution in [-0.4, -0.2) is 0 Å². The molecular formula is C20H27N. The van der Waals surface area contributed by atoms with Crippen molar-refractivity contribution in [1.29, 1.82) is 0 Å². The van der Waals surface area contributed by atoms with E-state index in [1.165, 1.54) is 16.8 Å². The van der Waals surface area contributed by atoms with E-state index in [2.05, 4.69) is 89.3 Å². The minimum atomic E-state index is 0.147. The third-order valence-electron chi connectivity index (χ3n) is 3.73. The Kier molecular flexibility index (Phi) is 4.13. The van der Waals surface area contributed by atoms with E-state index in [0.29, 0.717) is 0 Å². The van der Waals surface area contributed by atoms with Crippen LogP contribution in [0, 0.1) is 0 Å². The van der Waals surface area contributed by atoms with Crippen molar-refractivity contribution in [2.24, 2.45) is 0 Å². The van der Waals surface area contributed by atoms with Gasteiger partial charge in [0.25, 0.3) is 0 Å². The molecule has 112 valence electrons. The lowest BCUT2D eigenvalue weighted by molar-refractivity contribution is 0.569. The Morgan fingerprint density at radius 3 is 1.52 bits per heavy atom. The summed E-state index contributed by atoms with van der Waals surface area (Å²) in [4.78, 5) is 0. The van der Waals surface area contributed by atoms with Crippen LogP contribution in [0.5, 0.6) is 0 Å². The van der Waals surface area contributed by atoms with Gasteiger partial charge >= 0.3 is 0 Å². The van der Waals surface area contributed by atoms with Gasteiger partial charge in [-0.15, -0.1) is 0 Å². The second kappa shape index (κ2) is 5.55. The van der Waals surface area contributed by atoms with Crippen molar-refractivity contribution >= 4 is 11.4 Å². The first-order valence-corrected chi connectivity index (χ1v) is 7.64. The minimum Gasteiger partial charge on any atom is -0.356 e. The SMILES string of the molecule is CC(C)(C)c1cc(Nc2ccccc2)cc(C(C)(C)C)c1. The zero-order valence-corrected chi connectivity index (χ0v) is 14.1. The highest BCUT2D eigenvalue weighted by Gasteiger charge is 2.20. The molecule has 0 spiro atoms. The fraction of sp³-hybridized carbons (Fsp3) is 0.400. The number of rotatable bonds is 2. The van der Waals surface area contributed by atoms with Gasteiger partial charge in [-0.1, -0.05) is 65.8 Å². The predicted molar refractivity (Wildman–Crippen MR) is 93.6 cm³/mol. The molecule has 0 bridgehead atoms. The molecule has 0 saturated carbocycles. The van der Waals surface area contributed by atoms with E-state index in [4.69, 9.17) is 0 Å². The zero-order chi connectivity index (χ0) is 15.7. The molecule has 2 aromatic rings. The Morgan fingerprint density at radius 2 is 1.10 bits per heavy atom. The number of hydrogen-bond acceptors (Lipinski definition) is 1. The largest absolute Gasteiger partial charge is 0.356 e. The summed E-state index contributed by atoms with van der Waals surface area (Å²) in [7, 11) is 0. The summed E-state index contributed by atoms with van der Waals surface area (Å²) in [6.07, 6.45) is 0. The van der Waals surface area contributed by atoms with E-state index in [1.807, 2.05) is 6.07 Å².